The van der Waals surface area contributed by atoms with E-state index in [2.05, 4.69) is 0 Å². The van der Waals surface area contributed by atoms with Crippen molar-refractivity contribution in [2.75, 3.05) is 28.4 Å². The van der Waals surface area contributed by atoms with Gasteiger partial charge in [-0.2, -0.15) is 0 Å². The highest BCUT2D eigenvalue weighted by Gasteiger charge is 2.22. The third-order valence-corrected chi connectivity index (χ3v) is 4.11. The molecule has 2 rings (SSSR count). The fraction of sp³-hybridized carbons (Fsp3) is 0.182. The van der Waals surface area contributed by atoms with Gasteiger partial charge in [0.05, 0.1) is 45.1 Å². The van der Waals surface area contributed by atoms with Gasteiger partial charge in [0.15, 0.2) is 0 Å². The van der Waals surface area contributed by atoms with Gasteiger partial charge in [0.25, 0.3) is 0 Å². The molecule has 29 heavy (non-hydrogen) atoms. The molecule has 0 saturated heterocycles. The number of esters is 1. The van der Waals surface area contributed by atoms with Crippen molar-refractivity contribution in [1.29, 1.82) is 0 Å². The summed E-state index contributed by atoms with van der Waals surface area (Å²) in [4.78, 5) is 24.7. The predicted molar refractivity (Wildman–Crippen MR) is 110 cm³/mol. The highest BCUT2D eigenvalue weighted by atomic mass is 16.5. The summed E-state index contributed by atoms with van der Waals surface area (Å²) in [5, 5.41) is 0. The van der Waals surface area contributed by atoms with Crippen LogP contribution in [0.4, 0.5) is 0 Å². The van der Waals surface area contributed by atoms with E-state index in [1.165, 1.54) is 40.6 Å². The summed E-state index contributed by atoms with van der Waals surface area (Å²) in [6.45, 7) is 0. The summed E-state index contributed by atoms with van der Waals surface area (Å²) < 4.78 is 20.9. The molecule has 0 bridgehead atoms. The van der Waals surface area contributed by atoms with Gasteiger partial charge in [-0.25, -0.2) is 4.79 Å². The molecule has 0 atom stereocenters. The van der Waals surface area contributed by atoms with Crippen LogP contribution in [0.25, 0.3) is 12.2 Å². The second-order valence-corrected chi connectivity index (χ2v) is 5.83. The van der Waals surface area contributed by atoms with E-state index >= 15 is 0 Å². The lowest BCUT2D eigenvalue weighted by Crippen LogP contribution is -2.20. The number of hydrogen-bond acceptors (Lipinski definition) is 6. The van der Waals surface area contributed by atoms with Crippen LogP contribution in [0.1, 0.15) is 11.1 Å². The average Bonchev–Trinajstić information content (AvgIpc) is 2.75. The number of ether oxygens (including phenoxy) is 4. The maximum absolute atomic E-state index is 12.5. The number of carbonyl (C=O) groups is 2. The quantitative estimate of drug-likeness (QED) is 0.418. The van der Waals surface area contributed by atoms with Crippen molar-refractivity contribution in [2.24, 2.45) is 5.73 Å². The fourth-order valence-corrected chi connectivity index (χ4v) is 2.67. The van der Waals surface area contributed by atoms with Crippen molar-refractivity contribution < 1.29 is 28.5 Å². The normalized spacial score (nSPS) is 11.6. The lowest BCUT2D eigenvalue weighted by molar-refractivity contribution is -0.136. The lowest BCUT2D eigenvalue weighted by Gasteiger charge is -2.14. The zero-order valence-corrected chi connectivity index (χ0v) is 16.7. The average molecular weight is 397 g/mol. The van der Waals surface area contributed by atoms with Gasteiger partial charge in [0.2, 0.25) is 5.91 Å². The summed E-state index contributed by atoms with van der Waals surface area (Å²) in [7, 11) is 5.67. The molecule has 0 aliphatic heterocycles. The van der Waals surface area contributed by atoms with Crippen LogP contribution in [0.3, 0.4) is 0 Å². The number of carbonyl (C=O) groups excluding carboxylic acids is 2. The predicted octanol–water partition coefficient (Wildman–Crippen LogP) is 2.84. The second kappa shape index (κ2) is 9.98. The Morgan fingerprint density at radius 2 is 1.41 bits per heavy atom. The standard InChI is InChI=1S/C22H23NO6/c1-26-15-11-19(27-2)18(20(12-15)28-3)13-17(22(25)29-4)16(21(23)24)10-14-8-6-5-7-9-14/h5-13H,1-4H3,(H2,23,24)/b16-10-,17-13+. The zero-order chi connectivity index (χ0) is 21.4. The number of rotatable bonds is 8. The zero-order valence-electron chi connectivity index (χ0n) is 16.7. The van der Waals surface area contributed by atoms with E-state index in [4.69, 9.17) is 24.7 Å². The molecule has 0 spiro atoms. The summed E-state index contributed by atoms with van der Waals surface area (Å²) in [6.07, 6.45) is 2.97. The Labute approximate surface area is 169 Å². The van der Waals surface area contributed by atoms with Crippen LogP contribution in [0.5, 0.6) is 17.2 Å². The minimum absolute atomic E-state index is 0.0111. The monoisotopic (exact) mass is 397 g/mol. The molecule has 0 heterocycles. The number of benzene rings is 2. The van der Waals surface area contributed by atoms with Gasteiger partial charge in [0.1, 0.15) is 17.2 Å². The van der Waals surface area contributed by atoms with Crippen LogP contribution in [-0.2, 0) is 14.3 Å². The highest BCUT2D eigenvalue weighted by molar-refractivity contribution is 6.14. The van der Waals surface area contributed by atoms with E-state index in [1.54, 1.807) is 24.3 Å². The second-order valence-electron chi connectivity index (χ2n) is 5.83. The number of nitrogens with two attached hydrogens (primary N) is 1. The van der Waals surface area contributed by atoms with Gasteiger partial charge in [-0.1, -0.05) is 30.3 Å². The van der Waals surface area contributed by atoms with E-state index < -0.39 is 11.9 Å². The largest absolute Gasteiger partial charge is 0.496 e. The van der Waals surface area contributed by atoms with Gasteiger partial charge in [0, 0.05) is 12.1 Å². The molecule has 2 N–H and O–H groups in total. The Balaban J connectivity index is 2.75. The molecule has 152 valence electrons. The molecule has 0 aliphatic carbocycles. The van der Waals surface area contributed by atoms with Crippen LogP contribution in [-0.4, -0.2) is 40.3 Å². The molecule has 0 radical (unpaired) electrons. The lowest BCUT2D eigenvalue weighted by atomic mass is 9.98. The molecule has 2 aromatic carbocycles. The molecule has 7 nitrogen and oxygen atoms in total. The van der Waals surface area contributed by atoms with E-state index in [-0.39, 0.29) is 11.1 Å². The van der Waals surface area contributed by atoms with Crippen molar-refractivity contribution in [3.05, 3.63) is 64.7 Å². The summed E-state index contributed by atoms with van der Waals surface area (Å²) in [5.74, 6) is -0.245. The minimum Gasteiger partial charge on any atom is -0.496 e. The molecule has 0 aromatic heterocycles. The minimum atomic E-state index is -0.781. The molecule has 1 amide bonds. The molecule has 7 heteroatoms. The number of hydrogen-bond donors (Lipinski definition) is 1. The third kappa shape index (κ3) is 5.16. The Bertz CT molecular complexity index is 922. The van der Waals surface area contributed by atoms with Gasteiger partial charge in [-0.3, -0.25) is 4.79 Å². The molecular weight excluding hydrogens is 374 g/mol. The van der Waals surface area contributed by atoms with E-state index in [1.807, 2.05) is 18.2 Å². The van der Waals surface area contributed by atoms with Gasteiger partial charge in [-0.05, 0) is 17.7 Å². The van der Waals surface area contributed by atoms with Gasteiger partial charge in [-0.15, -0.1) is 0 Å². The number of methoxy groups -OCH3 is 4. The molecule has 0 aliphatic rings. The van der Waals surface area contributed by atoms with E-state index in [0.29, 0.717) is 28.4 Å². The Morgan fingerprint density at radius 1 is 0.828 bits per heavy atom. The smallest absolute Gasteiger partial charge is 0.338 e. The van der Waals surface area contributed by atoms with Gasteiger partial charge >= 0.3 is 5.97 Å². The van der Waals surface area contributed by atoms with Crippen LogP contribution in [0.15, 0.2) is 53.6 Å². The number of primary amides is 1. The fourth-order valence-electron chi connectivity index (χ4n) is 2.67. The van der Waals surface area contributed by atoms with Crippen molar-refractivity contribution >= 4 is 24.0 Å². The Morgan fingerprint density at radius 3 is 1.86 bits per heavy atom. The van der Waals surface area contributed by atoms with Crippen LogP contribution in [0, 0.1) is 0 Å². The maximum Gasteiger partial charge on any atom is 0.338 e. The van der Waals surface area contributed by atoms with E-state index in [9.17, 15) is 9.59 Å². The first kappa shape index (κ1) is 21.6. The van der Waals surface area contributed by atoms with Gasteiger partial charge < -0.3 is 24.7 Å². The molecule has 0 fully saturated rings. The first-order valence-electron chi connectivity index (χ1n) is 8.62. The first-order valence-corrected chi connectivity index (χ1v) is 8.62. The Hall–Kier alpha value is -3.74. The summed E-state index contributed by atoms with van der Waals surface area (Å²) >= 11 is 0. The summed E-state index contributed by atoms with van der Waals surface area (Å²) in [6, 6.07) is 12.3. The molecule has 2 aromatic rings. The molecular formula is C22H23NO6. The summed E-state index contributed by atoms with van der Waals surface area (Å²) in [5.41, 5.74) is 6.66. The molecule has 0 unspecified atom stereocenters. The van der Waals surface area contributed by atoms with E-state index in [0.717, 1.165) is 0 Å². The van der Waals surface area contributed by atoms with Crippen LogP contribution >= 0.6 is 0 Å². The first-order chi connectivity index (χ1) is 13.9. The van der Waals surface area contributed by atoms with Crippen molar-refractivity contribution in [3.8, 4) is 17.2 Å². The van der Waals surface area contributed by atoms with Crippen molar-refractivity contribution in [2.45, 2.75) is 0 Å². The number of amides is 1. The third-order valence-electron chi connectivity index (χ3n) is 4.11. The Kier molecular flexibility index (Phi) is 7.42. The SMILES string of the molecule is COC(=O)C(=C/c1c(OC)cc(OC)cc1OC)/C(=C/c1ccccc1)C(N)=O. The highest BCUT2D eigenvalue weighted by Crippen LogP contribution is 2.36. The topological polar surface area (TPSA) is 97.1 Å². The van der Waals surface area contributed by atoms with Crippen LogP contribution < -0.4 is 19.9 Å². The maximum atomic E-state index is 12.5. The van der Waals surface area contributed by atoms with Crippen molar-refractivity contribution in [1.82, 2.24) is 0 Å². The molecule has 0 saturated carbocycles. The van der Waals surface area contributed by atoms with Crippen molar-refractivity contribution in [3.63, 3.8) is 0 Å². The van der Waals surface area contributed by atoms with Crippen LogP contribution in [0.2, 0.25) is 0 Å².